The van der Waals surface area contributed by atoms with Crippen molar-refractivity contribution in [3.8, 4) is 5.75 Å². The third-order valence-electron chi connectivity index (χ3n) is 6.12. The molecule has 1 N–H and O–H groups in total. The van der Waals surface area contributed by atoms with Crippen LogP contribution in [0.25, 0.3) is 0 Å². The quantitative estimate of drug-likeness (QED) is 0.287. The van der Waals surface area contributed by atoms with Gasteiger partial charge in [-0.25, -0.2) is 0 Å². The lowest BCUT2D eigenvalue weighted by Gasteiger charge is -2.32. The fourth-order valence-corrected chi connectivity index (χ4v) is 4.07. The van der Waals surface area contributed by atoms with Crippen molar-refractivity contribution < 1.29 is 14.3 Å². The molecule has 0 saturated carbocycles. The first-order valence-corrected chi connectivity index (χ1v) is 12.9. The number of rotatable bonds is 13. The molecule has 0 fully saturated rings. The van der Waals surface area contributed by atoms with E-state index in [2.05, 4.69) is 5.32 Å². The average molecular weight is 507 g/mol. The van der Waals surface area contributed by atoms with Gasteiger partial charge < -0.3 is 15.0 Å². The fourth-order valence-electron chi connectivity index (χ4n) is 3.88. The van der Waals surface area contributed by atoms with Crippen LogP contribution in [0.2, 0.25) is 5.02 Å². The monoisotopic (exact) mass is 506 g/mol. The molecule has 3 aromatic carbocycles. The predicted molar refractivity (Wildman–Crippen MR) is 145 cm³/mol. The van der Waals surface area contributed by atoms with Crippen LogP contribution in [-0.4, -0.2) is 35.4 Å². The number of hydrogen-bond acceptors (Lipinski definition) is 3. The summed E-state index contributed by atoms with van der Waals surface area (Å²) in [4.78, 5) is 28.8. The normalized spacial score (nSPS) is 12.4. The molecule has 0 bridgehead atoms. The summed E-state index contributed by atoms with van der Waals surface area (Å²) in [6, 6.07) is 26.1. The standard InChI is InChI=1S/C30H35ClN2O3/c1-3-23(2)32-30(35)28(21-24-13-6-4-7-14-24)33(22-25-15-10-11-18-27(25)31)29(34)19-12-20-36-26-16-8-5-9-17-26/h4-11,13-18,23,28H,3,12,19-22H2,1-2H3,(H,32,35)/t23-,28-/m0/s1. The molecule has 0 aliphatic rings. The zero-order chi connectivity index (χ0) is 25.8. The summed E-state index contributed by atoms with van der Waals surface area (Å²) >= 11 is 6.46. The Morgan fingerprint density at radius 3 is 2.25 bits per heavy atom. The lowest BCUT2D eigenvalue weighted by molar-refractivity contribution is -0.141. The van der Waals surface area contributed by atoms with E-state index in [1.165, 1.54) is 0 Å². The number of halogens is 1. The van der Waals surface area contributed by atoms with E-state index in [-0.39, 0.29) is 30.8 Å². The minimum atomic E-state index is -0.666. The van der Waals surface area contributed by atoms with Gasteiger partial charge in [0, 0.05) is 30.5 Å². The van der Waals surface area contributed by atoms with Gasteiger partial charge >= 0.3 is 0 Å². The van der Waals surface area contributed by atoms with E-state index in [0.29, 0.717) is 24.5 Å². The van der Waals surface area contributed by atoms with E-state index in [9.17, 15) is 9.59 Å². The summed E-state index contributed by atoms with van der Waals surface area (Å²) in [6.07, 6.45) is 2.02. The Bertz CT molecular complexity index is 1090. The topological polar surface area (TPSA) is 58.6 Å². The maximum Gasteiger partial charge on any atom is 0.243 e. The Morgan fingerprint density at radius 2 is 1.58 bits per heavy atom. The molecule has 0 unspecified atom stereocenters. The Hall–Kier alpha value is -3.31. The summed E-state index contributed by atoms with van der Waals surface area (Å²) in [7, 11) is 0. The molecule has 6 heteroatoms. The predicted octanol–water partition coefficient (Wildman–Crippen LogP) is 6.05. The highest BCUT2D eigenvalue weighted by Gasteiger charge is 2.31. The molecular formula is C30H35ClN2O3. The largest absolute Gasteiger partial charge is 0.494 e. The van der Waals surface area contributed by atoms with Crippen LogP contribution in [0.3, 0.4) is 0 Å². The number of carbonyl (C=O) groups excluding carboxylic acids is 2. The van der Waals surface area contributed by atoms with Crippen LogP contribution >= 0.6 is 11.6 Å². The smallest absolute Gasteiger partial charge is 0.243 e. The molecule has 3 aromatic rings. The van der Waals surface area contributed by atoms with Gasteiger partial charge in [-0.15, -0.1) is 0 Å². The van der Waals surface area contributed by atoms with Gasteiger partial charge in [0.05, 0.1) is 6.61 Å². The highest BCUT2D eigenvalue weighted by Crippen LogP contribution is 2.21. The van der Waals surface area contributed by atoms with Gasteiger partial charge in [0.25, 0.3) is 0 Å². The lowest BCUT2D eigenvalue weighted by atomic mass is 10.0. The van der Waals surface area contributed by atoms with E-state index < -0.39 is 6.04 Å². The van der Waals surface area contributed by atoms with Gasteiger partial charge in [-0.1, -0.05) is 85.3 Å². The third kappa shape index (κ3) is 8.42. The molecule has 2 amide bonds. The molecule has 190 valence electrons. The second-order valence-corrected chi connectivity index (χ2v) is 9.31. The molecule has 0 aliphatic heterocycles. The van der Waals surface area contributed by atoms with Gasteiger partial charge in [0.15, 0.2) is 0 Å². The van der Waals surface area contributed by atoms with Crippen LogP contribution in [-0.2, 0) is 22.6 Å². The number of benzene rings is 3. The van der Waals surface area contributed by atoms with Crippen molar-refractivity contribution in [1.29, 1.82) is 0 Å². The summed E-state index contributed by atoms with van der Waals surface area (Å²) in [5.74, 6) is 0.508. The number of nitrogens with one attached hydrogen (secondary N) is 1. The van der Waals surface area contributed by atoms with Crippen LogP contribution < -0.4 is 10.1 Å². The van der Waals surface area contributed by atoms with Crippen molar-refractivity contribution in [3.63, 3.8) is 0 Å². The minimum Gasteiger partial charge on any atom is -0.494 e. The van der Waals surface area contributed by atoms with E-state index in [1.807, 2.05) is 92.7 Å². The van der Waals surface area contributed by atoms with Crippen molar-refractivity contribution in [2.75, 3.05) is 6.61 Å². The van der Waals surface area contributed by atoms with Crippen LogP contribution in [0.4, 0.5) is 0 Å². The summed E-state index contributed by atoms with van der Waals surface area (Å²) in [5.41, 5.74) is 1.80. The van der Waals surface area contributed by atoms with Gasteiger partial charge in [-0.05, 0) is 49.1 Å². The summed E-state index contributed by atoms with van der Waals surface area (Å²) in [6.45, 7) is 4.66. The number of ether oxygens (including phenoxy) is 1. The fraction of sp³-hybridized carbons (Fsp3) is 0.333. The van der Waals surface area contributed by atoms with E-state index >= 15 is 0 Å². The van der Waals surface area contributed by atoms with Crippen molar-refractivity contribution >= 4 is 23.4 Å². The molecule has 2 atom stereocenters. The number of carbonyl (C=O) groups is 2. The molecule has 3 rings (SSSR count). The summed E-state index contributed by atoms with van der Waals surface area (Å²) < 4.78 is 5.77. The zero-order valence-electron chi connectivity index (χ0n) is 21.0. The second kappa shape index (κ2) is 14.3. The first kappa shape index (κ1) is 27.3. The SMILES string of the molecule is CC[C@H](C)NC(=O)[C@H](Cc1ccccc1)N(Cc1ccccc1Cl)C(=O)CCCOc1ccccc1. The molecule has 0 radical (unpaired) electrons. The highest BCUT2D eigenvalue weighted by molar-refractivity contribution is 6.31. The van der Waals surface area contributed by atoms with Gasteiger partial charge in [0.1, 0.15) is 11.8 Å². The maximum atomic E-state index is 13.6. The summed E-state index contributed by atoms with van der Waals surface area (Å²) in [5, 5.41) is 3.66. The van der Waals surface area contributed by atoms with E-state index in [0.717, 1.165) is 23.3 Å². The first-order chi connectivity index (χ1) is 17.5. The van der Waals surface area contributed by atoms with Crippen LogP contribution in [0.5, 0.6) is 5.75 Å². The Kier molecular flexibility index (Phi) is 10.8. The van der Waals surface area contributed by atoms with Gasteiger partial charge in [0.2, 0.25) is 11.8 Å². The molecule has 0 heterocycles. The number of amides is 2. The first-order valence-electron chi connectivity index (χ1n) is 12.5. The van der Waals surface area contributed by atoms with Gasteiger partial charge in [-0.3, -0.25) is 9.59 Å². The van der Waals surface area contributed by atoms with Crippen LogP contribution in [0.15, 0.2) is 84.9 Å². The molecular weight excluding hydrogens is 472 g/mol. The molecule has 0 spiro atoms. The highest BCUT2D eigenvalue weighted by atomic mass is 35.5. The number of nitrogens with zero attached hydrogens (tertiary/aromatic N) is 1. The molecule has 0 saturated heterocycles. The Morgan fingerprint density at radius 1 is 0.944 bits per heavy atom. The number of hydrogen-bond donors (Lipinski definition) is 1. The molecule has 36 heavy (non-hydrogen) atoms. The Labute approximate surface area is 219 Å². The zero-order valence-corrected chi connectivity index (χ0v) is 21.8. The minimum absolute atomic E-state index is 0.00677. The van der Waals surface area contributed by atoms with Gasteiger partial charge in [-0.2, -0.15) is 0 Å². The van der Waals surface area contributed by atoms with E-state index in [4.69, 9.17) is 16.3 Å². The molecule has 5 nitrogen and oxygen atoms in total. The van der Waals surface area contributed by atoms with Crippen LogP contribution in [0.1, 0.15) is 44.2 Å². The molecule has 0 aromatic heterocycles. The maximum absolute atomic E-state index is 13.6. The van der Waals surface area contributed by atoms with Crippen molar-refractivity contribution in [1.82, 2.24) is 10.2 Å². The third-order valence-corrected chi connectivity index (χ3v) is 6.49. The lowest BCUT2D eigenvalue weighted by Crippen LogP contribution is -2.52. The number of para-hydroxylation sites is 1. The van der Waals surface area contributed by atoms with Crippen LogP contribution in [0, 0.1) is 0 Å². The van der Waals surface area contributed by atoms with Crippen molar-refractivity contribution in [2.45, 2.75) is 58.2 Å². The van der Waals surface area contributed by atoms with E-state index in [1.54, 1.807) is 11.0 Å². The Balaban J connectivity index is 1.81. The van der Waals surface area contributed by atoms with Crippen molar-refractivity contribution in [3.05, 3.63) is 101 Å². The van der Waals surface area contributed by atoms with Crippen molar-refractivity contribution in [2.24, 2.45) is 0 Å². The average Bonchev–Trinajstić information content (AvgIpc) is 2.90. The molecule has 0 aliphatic carbocycles. The second-order valence-electron chi connectivity index (χ2n) is 8.90.